The number of esters is 1. The zero-order valence-corrected chi connectivity index (χ0v) is 16.0. The molecule has 8 nitrogen and oxygen atoms in total. The third kappa shape index (κ3) is 5.66. The molecule has 1 aromatic rings. The standard InChI is InChI=1S/C19H21N3O5S/c23-16(24)10-15-17(25)21-19(28-15)22-20-11-12-6-8-14(9-7-12)27-18(26)13-4-2-1-3-5-13/h6-9,11,13,15H,1-5,10H2,(H,23,24)(H,21,22,25). The molecular weight excluding hydrogens is 382 g/mol. The molecule has 1 aliphatic carbocycles. The van der Waals surface area contributed by atoms with E-state index in [2.05, 4.69) is 15.5 Å². The molecule has 0 radical (unpaired) electrons. The molecule has 1 atom stereocenters. The number of amidine groups is 1. The van der Waals surface area contributed by atoms with Gasteiger partial charge >= 0.3 is 11.9 Å². The molecule has 2 fully saturated rings. The van der Waals surface area contributed by atoms with Crippen LogP contribution in [0.2, 0.25) is 0 Å². The van der Waals surface area contributed by atoms with E-state index in [1.807, 2.05) is 0 Å². The van der Waals surface area contributed by atoms with E-state index in [1.165, 1.54) is 12.6 Å². The van der Waals surface area contributed by atoms with Crippen LogP contribution < -0.4 is 10.1 Å². The first-order chi connectivity index (χ1) is 13.5. The molecular formula is C19H21N3O5S. The van der Waals surface area contributed by atoms with E-state index in [0.29, 0.717) is 5.75 Å². The van der Waals surface area contributed by atoms with Gasteiger partial charge in [-0.15, -0.1) is 5.10 Å². The van der Waals surface area contributed by atoms with E-state index >= 15 is 0 Å². The molecule has 0 aromatic heterocycles. The van der Waals surface area contributed by atoms with Gasteiger partial charge in [-0.2, -0.15) is 5.10 Å². The van der Waals surface area contributed by atoms with Gasteiger partial charge in [0.1, 0.15) is 11.0 Å². The van der Waals surface area contributed by atoms with Crippen molar-refractivity contribution in [2.75, 3.05) is 0 Å². The summed E-state index contributed by atoms with van der Waals surface area (Å²) in [5, 5.41) is 18.6. The second-order valence-corrected chi connectivity index (χ2v) is 7.86. The molecule has 28 heavy (non-hydrogen) atoms. The fraction of sp³-hybridized carbons (Fsp3) is 0.421. The van der Waals surface area contributed by atoms with E-state index < -0.39 is 11.2 Å². The van der Waals surface area contributed by atoms with Gasteiger partial charge in [-0.25, -0.2) is 0 Å². The van der Waals surface area contributed by atoms with Crippen molar-refractivity contribution >= 4 is 41.0 Å². The molecule has 1 heterocycles. The van der Waals surface area contributed by atoms with Gasteiger partial charge in [-0.05, 0) is 42.7 Å². The maximum absolute atomic E-state index is 12.2. The first-order valence-electron chi connectivity index (χ1n) is 9.13. The number of thioether (sulfide) groups is 1. The molecule has 3 rings (SSSR count). The van der Waals surface area contributed by atoms with Crippen LogP contribution in [0.1, 0.15) is 44.1 Å². The Morgan fingerprint density at radius 1 is 1.21 bits per heavy atom. The van der Waals surface area contributed by atoms with E-state index in [-0.39, 0.29) is 29.4 Å². The number of aliphatic carboxylic acids is 1. The average molecular weight is 403 g/mol. The van der Waals surface area contributed by atoms with Crippen molar-refractivity contribution in [3.05, 3.63) is 29.8 Å². The molecule has 1 aromatic carbocycles. The van der Waals surface area contributed by atoms with Gasteiger partial charge in [0.15, 0.2) is 5.17 Å². The maximum atomic E-state index is 12.2. The summed E-state index contributed by atoms with van der Waals surface area (Å²) in [6.07, 6.45) is 6.36. The summed E-state index contributed by atoms with van der Waals surface area (Å²) >= 11 is 1.04. The van der Waals surface area contributed by atoms with Crippen molar-refractivity contribution in [1.29, 1.82) is 0 Å². The molecule has 2 aliphatic rings. The van der Waals surface area contributed by atoms with Crippen LogP contribution in [-0.4, -0.2) is 39.6 Å². The Hall–Kier alpha value is -2.68. The second-order valence-electron chi connectivity index (χ2n) is 6.67. The summed E-state index contributed by atoms with van der Waals surface area (Å²) in [4.78, 5) is 34.5. The average Bonchev–Trinajstić information content (AvgIpc) is 3.02. The van der Waals surface area contributed by atoms with Crippen molar-refractivity contribution in [1.82, 2.24) is 5.32 Å². The number of benzene rings is 1. The lowest BCUT2D eigenvalue weighted by Crippen LogP contribution is -2.26. The SMILES string of the molecule is O=C(O)CC1SC(=NN=Cc2ccc(OC(=O)C3CCCCC3)cc2)NC1=O. The highest BCUT2D eigenvalue weighted by Gasteiger charge is 2.32. The number of hydrogen-bond donors (Lipinski definition) is 2. The molecule has 1 aliphatic heterocycles. The smallest absolute Gasteiger partial charge is 0.314 e. The molecule has 1 amide bonds. The molecule has 1 saturated carbocycles. The first kappa shape index (κ1) is 20.1. The fourth-order valence-corrected chi connectivity index (χ4v) is 3.97. The van der Waals surface area contributed by atoms with Crippen LogP contribution in [0, 0.1) is 5.92 Å². The minimum atomic E-state index is -1.04. The summed E-state index contributed by atoms with van der Waals surface area (Å²) in [6, 6.07) is 6.90. The van der Waals surface area contributed by atoms with Crippen molar-refractivity contribution < 1.29 is 24.2 Å². The molecule has 0 bridgehead atoms. The van der Waals surface area contributed by atoms with Crippen molar-refractivity contribution in [2.45, 2.75) is 43.8 Å². The Morgan fingerprint density at radius 3 is 2.61 bits per heavy atom. The van der Waals surface area contributed by atoms with Crippen LogP contribution in [0.25, 0.3) is 0 Å². The van der Waals surface area contributed by atoms with Crippen LogP contribution in [-0.2, 0) is 14.4 Å². The Morgan fingerprint density at radius 2 is 1.93 bits per heavy atom. The number of carbonyl (C=O) groups excluding carboxylic acids is 2. The fourth-order valence-electron chi connectivity index (χ4n) is 3.05. The van der Waals surface area contributed by atoms with Crippen molar-refractivity contribution in [2.24, 2.45) is 16.1 Å². The van der Waals surface area contributed by atoms with Crippen LogP contribution in [0.4, 0.5) is 0 Å². The highest BCUT2D eigenvalue weighted by molar-refractivity contribution is 8.15. The van der Waals surface area contributed by atoms with Gasteiger partial charge in [0.05, 0.1) is 18.6 Å². The summed E-state index contributed by atoms with van der Waals surface area (Å²) < 4.78 is 5.44. The topological polar surface area (TPSA) is 117 Å². The monoisotopic (exact) mass is 403 g/mol. The minimum Gasteiger partial charge on any atom is -0.481 e. The molecule has 9 heteroatoms. The number of nitrogens with one attached hydrogen (secondary N) is 1. The predicted octanol–water partition coefficient (Wildman–Crippen LogP) is 2.57. The van der Waals surface area contributed by atoms with Gasteiger partial charge in [0.2, 0.25) is 5.91 Å². The third-order valence-corrected chi connectivity index (χ3v) is 5.60. The van der Waals surface area contributed by atoms with Gasteiger partial charge in [-0.1, -0.05) is 31.0 Å². The summed E-state index contributed by atoms with van der Waals surface area (Å²) in [5.41, 5.74) is 0.748. The minimum absolute atomic E-state index is 0.00473. The Balaban J connectivity index is 1.52. The summed E-state index contributed by atoms with van der Waals surface area (Å²) in [6.45, 7) is 0. The number of rotatable bonds is 6. The number of amides is 1. The number of ether oxygens (including phenoxy) is 1. The van der Waals surface area contributed by atoms with Crippen LogP contribution in [0.15, 0.2) is 34.5 Å². The molecule has 148 valence electrons. The Kier molecular flexibility index (Phi) is 6.80. The predicted molar refractivity (Wildman–Crippen MR) is 105 cm³/mol. The quantitative estimate of drug-likeness (QED) is 0.326. The molecule has 0 spiro atoms. The van der Waals surface area contributed by atoms with Crippen LogP contribution in [0.5, 0.6) is 5.75 Å². The molecule has 2 N–H and O–H groups in total. The van der Waals surface area contributed by atoms with E-state index in [4.69, 9.17) is 9.84 Å². The summed E-state index contributed by atoms with van der Waals surface area (Å²) in [7, 11) is 0. The van der Waals surface area contributed by atoms with E-state index in [9.17, 15) is 14.4 Å². The lowest BCUT2D eigenvalue weighted by atomic mass is 9.89. The largest absolute Gasteiger partial charge is 0.481 e. The van der Waals surface area contributed by atoms with Crippen molar-refractivity contribution in [3.63, 3.8) is 0 Å². The van der Waals surface area contributed by atoms with E-state index in [0.717, 1.165) is 43.0 Å². The van der Waals surface area contributed by atoms with Crippen LogP contribution >= 0.6 is 11.8 Å². The van der Waals surface area contributed by atoms with Crippen molar-refractivity contribution in [3.8, 4) is 5.75 Å². The Bertz CT molecular complexity index is 800. The normalized spacial score (nSPS) is 21.8. The molecule has 1 unspecified atom stereocenters. The second kappa shape index (κ2) is 9.50. The van der Waals surface area contributed by atoms with Gasteiger partial charge in [0, 0.05) is 0 Å². The van der Waals surface area contributed by atoms with Gasteiger partial charge in [0.25, 0.3) is 0 Å². The zero-order chi connectivity index (χ0) is 19.9. The van der Waals surface area contributed by atoms with Gasteiger partial charge in [-0.3, -0.25) is 14.4 Å². The lowest BCUT2D eigenvalue weighted by molar-refractivity contribution is -0.140. The Labute approximate surface area is 166 Å². The zero-order valence-electron chi connectivity index (χ0n) is 15.2. The highest BCUT2D eigenvalue weighted by atomic mass is 32.2. The third-order valence-electron chi connectivity index (χ3n) is 4.53. The van der Waals surface area contributed by atoms with Gasteiger partial charge < -0.3 is 15.2 Å². The molecule has 1 saturated heterocycles. The number of carboxylic acid groups (broad SMARTS) is 1. The first-order valence-corrected chi connectivity index (χ1v) is 10.0. The number of carbonyl (C=O) groups is 3. The highest BCUT2D eigenvalue weighted by Crippen LogP contribution is 2.26. The number of hydrogen-bond acceptors (Lipinski definition) is 7. The van der Waals surface area contributed by atoms with Crippen LogP contribution in [0.3, 0.4) is 0 Å². The number of carboxylic acids is 1. The number of nitrogens with zero attached hydrogens (tertiary/aromatic N) is 2. The van der Waals surface area contributed by atoms with E-state index in [1.54, 1.807) is 24.3 Å². The summed E-state index contributed by atoms with van der Waals surface area (Å²) in [5.74, 6) is -1.10. The lowest BCUT2D eigenvalue weighted by Gasteiger charge is -2.19. The maximum Gasteiger partial charge on any atom is 0.314 e.